The molecule has 0 aliphatic rings. The summed E-state index contributed by atoms with van der Waals surface area (Å²) >= 11 is 0. The van der Waals surface area contributed by atoms with Crippen LogP contribution >= 0.6 is 0 Å². The summed E-state index contributed by atoms with van der Waals surface area (Å²) in [5.41, 5.74) is 7.00. The minimum Gasteiger partial charge on any atom is -0.323 e. The number of rotatable bonds is 5. The third-order valence-corrected chi connectivity index (χ3v) is 5.48. The Morgan fingerprint density at radius 2 is 1.71 bits per heavy atom. The molecule has 0 saturated carbocycles. The maximum Gasteiger partial charge on any atom is 0.155 e. The van der Waals surface area contributed by atoms with Crippen LogP contribution in [0.25, 0.3) is 0 Å². The molecule has 0 bridgehead atoms. The predicted octanol–water partition coefficient (Wildman–Crippen LogP) is 2.15. The molecule has 0 saturated heterocycles. The van der Waals surface area contributed by atoms with E-state index in [0.29, 0.717) is 0 Å². The molecule has 0 fully saturated rings. The fourth-order valence-corrected chi connectivity index (χ4v) is 3.93. The summed E-state index contributed by atoms with van der Waals surface area (Å²) in [4.78, 5) is 0. The van der Waals surface area contributed by atoms with E-state index >= 15 is 0 Å². The molecule has 1 aromatic rings. The molecule has 2 N–H and O–H groups in total. The van der Waals surface area contributed by atoms with Gasteiger partial charge in [0, 0.05) is 11.8 Å². The van der Waals surface area contributed by atoms with Gasteiger partial charge < -0.3 is 5.73 Å². The Bertz CT molecular complexity index is 440. The van der Waals surface area contributed by atoms with Gasteiger partial charge in [0.2, 0.25) is 0 Å². The summed E-state index contributed by atoms with van der Waals surface area (Å²) in [6, 6.07) is 8.96. The second kappa shape index (κ2) is 5.65. The third kappa shape index (κ3) is 3.30. The van der Waals surface area contributed by atoms with Crippen molar-refractivity contribution in [3.05, 3.63) is 35.9 Å². The maximum absolute atomic E-state index is 12.1. The van der Waals surface area contributed by atoms with Crippen LogP contribution in [0.1, 0.15) is 32.4 Å². The Balaban J connectivity index is 3.10. The molecule has 0 aliphatic heterocycles. The fraction of sp³-hybridized carbons (Fsp3) is 0.538. The smallest absolute Gasteiger partial charge is 0.155 e. The molecule has 0 aromatic heterocycles. The van der Waals surface area contributed by atoms with Gasteiger partial charge in [0.1, 0.15) is 0 Å². The van der Waals surface area contributed by atoms with Gasteiger partial charge in [-0.3, -0.25) is 0 Å². The van der Waals surface area contributed by atoms with Crippen molar-refractivity contribution in [2.24, 2.45) is 11.7 Å². The minimum atomic E-state index is -3.13. The molecule has 3 nitrogen and oxygen atoms in total. The fourth-order valence-electron chi connectivity index (χ4n) is 2.11. The summed E-state index contributed by atoms with van der Waals surface area (Å²) < 4.78 is 24.2. The molecule has 0 radical (unpaired) electrons. The first-order valence-corrected chi connectivity index (χ1v) is 7.63. The van der Waals surface area contributed by atoms with Crippen LogP contribution in [0, 0.1) is 5.92 Å². The first-order chi connectivity index (χ1) is 7.90. The molecule has 2 atom stereocenters. The van der Waals surface area contributed by atoms with Crippen LogP contribution in [0.4, 0.5) is 0 Å². The molecule has 0 amide bonds. The first kappa shape index (κ1) is 14.2. The summed E-state index contributed by atoms with van der Waals surface area (Å²) in [5, 5.41) is -0.519. The summed E-state index contributed by atoms with van der Waals surface area (Å²) in [7, 11) is -3.13. The zero-order valence-electron chi connectivity index (χ0n) is 10.6. The van der Waals surface area contributed by atoms with E-state index in [9.17, 15) is 8.42 Å². The van der Waals surface area contributed by atoms with Crippen molar-refractivity contribution in [2.45, 2.75) is 32.1 Å². The van der Waals surface area contributed by atoms with E-state index in [1.54, 1.807) is 6.92 Å². The van der Waals surface area contributed by atoms with Crippen LogP contribution in [-0.4, -0.2) is 19.4 Å². The van der Waals surface area contributed by atoms with Gasteiger partial charge in [-0.2, -0.15) is 0 Å². The van der Waals surface area contributed by atoms with Crippen molar-refractivity contribution in [2.75, 3.05) is 5.75 Å². The Morgan fingerprint density at radius 3 is 2.12 bits per heavy atom. The number of sulfone groups is 1. The van der Waals surface area contributed by atoms with E-state index in [2.05, 4.69) is 0 Å². The Labute approximate surface area is 104 Å². The SMILES string of the molecule is CCS(=O)(=O)C(C(C)C)C(N)c1ccccc1. The van der Waals surface area contributed by atoms with Gasteiger partial charge in [-0.25, -0.2) is 8.42 Å². The molecule has 0 aliphatic carbocycles. The molecule has 96 valence electrons. The van der Waals surface area contributed by atoms with E-state index in [1.807, 2.05) is 44.2 Å². The third-order valence-electron chi connectivity index (χ3n) is 3.01. The first-order valence-electron chi connectivity index (χ1n) is 5.92. The van der Waals surface area contributed by atoms with Crippen molar-refractivity contribution in [1.29, 1.82) is 0 Å². The van der Waals surface area contributed by atoms with Gasteiger partial charge in [0.25, 0.3) is 0 Å². The number of nitrogens with two attached hydrogens (primary N) is 1. The van der Waals surface area contributed by atoms with Crippen molar-refractivity contribution >= 4 is 9.84 Å². The van der Waals surface area contributed by atoms with Crippen LogP contribution in [0.5, 0.6) is 0 Å². The second-order valence-corrected chi connectivity index (χ2v) is 7.04. The zero-order chi connectivity index (χ0) is 13.1. The van der Waals surface area contributed by atoms with Crippen LogP contribution in [-0.2, 0) is 9.84 Å². The van der Waals surface area contributed by atoms with Gasteiger partial charge in [-0.15, -0.1) is 0 Å². The predicted molar refractivity (Wildman–Crippen MR) is 71.5 cm³/mol. The van der Waals surface area contributed by atoms with Crippen molar-refractivity contribution < 1.29 is 8.42 Å². The minimum absolute atomic E-state index is 0.00940. The largest absolute Gasteiger partial charge is 0.323 e. The Hall–Kier alpha value is -0.870. The van der Waals surface area contributed by atoms with E-state index in [0.717, 1.165) is 5.56 Å². The van der Waals surface area contributed by atoms with E-state index < -0.39 is 21.1 Å². The average molecular weight is 255 g/mol. The normalized spacial score (nSPS) is 15.8. The monoisotopic (exact) mass is 255 g/mol. The lowest BCUT2D eigenvalue weighted by atomic mass is 9.97. The Kier molecular flexibility index (Phi) is 4.71. The lowest BCUT2D eigenvalue weighted by Gasteiger charge is -2.27. The van der Waals surface area contributed by atoms with Crippen molar-refractivity contribution in [1.82, 2.24) is 0 Å². The standard InChI is InChI=1S/C13H21NO2S/c1-4-17(15,16)13(10(2)3)12(14)11-8-6-5-7-9-11/h5-10,12-13H,4,14H2,1-3H3. The van der Waals surface area contributed by atoms with Gasteiger partial charge in [0.15, 0.2) is 9.84 Å². The van der Waals surface area contributed by atoms with Crippen molar-refractivity contribution in [3.8, 4) is 0 Å². The van der Waals surface area contributed by atoms with Crippen LogP contribution in [0.15, 0.2) is 30.3 Å². The van der Waals surface area contributed by atoms with Crippen LogP contribution in [0.3, 0.4) is 0 Å². The molecule has 1 aromatic carbocycles. The van der Waals surface area contributed by atoms with Crippen LogP contribution in [0.2, 0.25) is 0 Å². The molecule has 1 rings (SSSR count). The molecule has 17 heavy (non-hydrogen) atoms. The summed E-state index contributed by atoms with van der Waals surface area (Å²) in [6.07, 6.45) is 0. The Morgan fingerprint density at radius 1 is 1.18 bits per heavy atom. The summed E-state index contributed by atoms with van der Waals surface area (Å²) in [5.74, 6) is 0.145. The van der Waals surface area contributed by atoms with Gasteiger partial charge in [-0.05, 0) is 11.5 Å². The van der Waals surface area contributed by atoms with Gasteiger partial charge in [-0.1, -0.05) is 51.1 Å². The number of hydrogen-bond acceptors (Lipinski definition) is 3. The topological polar surface area (TPSA) is 60.2 Å². The maximum atomic E-state index is 12.1. The average Bonchev–Trinajstić information content (AvgIpc) is 2.29. The number of hydrogen-bond donors (Lipinski definition) is 1. The highest BCUT2D eigenvalue weighted by atomic mass is 32.2. The quantitative estimate of drug-likeness (QED) is 0.877. The highest BCUT2D eigenvalue weighted by molar-refractivity contribution is 7.92. The number of benzene rings is 1. The summed E-state index contributed by atoms with van der Waals surface area (Å²) in [6.45, 7) is 5.48. The van der Waals surface area contributed by atoms with E-state index in [-0.39, 0.29) is 11.7 Å². The highest BCUT2D eigenvalue weighted by Crippen LogP contribution is 2.26. The molecule has 2 unspecified atom stereocenters. The zero-order valence-corrected chi connectivity index (χ0v) is 11.4. The van der Waals surface area contributed by atoms with E-state index in [1.165, 1.54) is 0 Å². The molecular formula is C13H21NO2S. The lowest BCUT2D eigenvalue weighted by molar-refractivity contribution is 0.482. The van der Waals surface area contributed by atoms with Gasteiger partial charge >= 0.3 is 0 Å². The van der Waals surface area contributed by atoms with Gasteiger partial charge in [0.05, 0.1) is 5.25 Å². The lowest BCUT2D eigenvalue weighted by Crippen LogP contribution is -2.38. The van der Waals surface area contributed by atoms with E-state index in [4.69, 9.17) is 5.73 Å². The highest BCUT2D eigenvalue weighted by Gasteiger charge is 2.33. The van der Waals surface area contributed by atoms with Crippen molar-refractivity contribution in [3.63, 3.8) is 0 Å². The second-order valence-electron chi connectivity index (χ2n) is 4.60. The molecule has 4 heteroatoms. The molecule has 0 heterocycles. The van der Waals surface area contributed by atoms with Crippen LogP contribution < -0.4 is 5.73 Å². The molecular weight excluding hydrogens is 234 g/mol. The molecule has 0 spiro atoms.